The van der Waals surface area contributed by atoms with Gasteiger partial charge in [-0.05, 0) is 6.08 Å². The van der Waals surface area contributed by atoms with Gasteiger partial charge in [-0.15, -0.1) is 26.3 Å². The van der Waals surface area contributed by atoms with Crippen LogP contribution in [0.1, 0.15) is 0 Å². The SMILES string of the molecule is C=CC(=O)N(C(F)(F)F)C(F)(F)F. The molecule has 0 N–H and O–H groups in total. The summed E-state index contributed by atoms with van der Waals surface area (Å²) in [5.41, 5.74) is 0. The average molecular weight is 207 g/mol. The lowest BCUT2D eigenvalue weighted by Gasteiger charge is -2.25. The van der Waals surface area contributed by atoms with Crippen LogP contribution in [0.5, 0.6) is 0 Å². The van der Waals surface area contributed by atoms with Crippen molar-refractivity contribution < 1.29 is 31.1 Å². The molecule has 0 saturated carbocycles. The Bertz CT molecular complexity index is 202. The Morgan fingerprint density at radius 1 is 1.08 bits per heavy atom. The first kappa shape index (κ1) is 11.8. The molecule has 0 aliphatic carbocycles. The zero-order valence-corrected chi connectivity index (χ0v) is 5.91. The molecule has 0 aromatic heterocycles. The summed E-state index contributed by atoms with van der Waals surface area (Å²) in [4.78, 5) is 8.01. The van der Waals surface area contributed by atoms with Crippen LogP contribution in [0.25, 0.3) is 0 Å². The maximum absolute atomic E-state index is 11.6. The van der Waals surface area contributed by atoms with Crippen LogP contribution in [0.3, 0.4) is 0 Å². The van der Waals surface area contributed by atoms with Crippen molar-refractivity contribution in [2.45, 2.75) is 12.6 Å². The molecule has 0 aromatic rings. The molecule has 0 rings (SSSR count). The maximum atomic E-state index is 11.6. The maximum Gasteiger partial charge on any atom is 0.494 e. The van der Waals surface area contributed by atoms with Crippen molar-refractivity contribution in [3.63, 3.8) is 0 Å². The monoisotopic (exact) mass is 207 g/mol. The van der Waals surface area contributed by atoms with Crippen LogP contribution in [-0.2, 0) is 4.79 Å². The number of carbonyl (C=O) groups is 1. The number of amides is 1. The van der Waals surface area contributed by atoms with E-state index in [1.165, 1.54) is 0 Å². The highest BCUT2D eigenvalue weighted by atomic mass is 19.4. The minimum absolute atomic E-state index is 0.0685. The Kier molecular flexibility index (Phi) is 2.96. The fraction of sp³-hybridized carbons (Fsp3) is 0.400. The zero-order chi connectivity index (χ0) is 10.9. The molecule has 2 nitrogen and oxygen atoms in total. The van der Waals surface area contributed by atoms with E-state index in [-0.39, 0.29) is 6.08 Å². The van der Waals surface area contributed by atoms with Gasteiger partial charge in [-0.25, -0.2) is 0 Å². The predicted octanol–water partition coefficient (Wildman–Crippen LogP) is 2.04. The van der Waals surface area contributed by atoms with Crippen molar-refractivity contribution in [1.82, 2.24) is 4.90 Å². The van der Waals surface area contributed by atoms with Crippen molar-refractivity contribution in [3.8, 4) is 0 Å². The summed E-state index contributed by atoms with van der Waals surface area (Å²) in [5.74, 6) is -2.26. The summed E-state index contributed by atoms with van der Waals surface area (Å²) in [6, 6.07) is 0. The molecule has 0 aliphatic rings. The van der Waals surface area contributed by atoms with Gasteiger partial charge >= 0.3 is 12.6 Å². The van der Waals surface area contributed by atoms with E-state index in [0.717, 1.165) is 0 Å². The molecule has 0 heterocycles. The van der Waals surface area contributed by atoms with E-state index < -0.39 is 23.4 Å². The molecular weight excluding hydrogens is 204 g/mol. The van der Waals surface area contributed by atoms with E-state index in [0.29, 0.717) is 0 Å². The lowest BCUT2D eigenvalue weighted by Crippen LogP contribution is -2.50. The second-order valence-corrected chi connectivity index (χ2v) is 1.81. The molecule has 13 heavy (non-hydrogen) atoms. The molecule has 0 aromatic carbocycles. The number of nitrogens with zero attached hydrogens (tertiary/aromatic N) is 1. The number of hydrogen-bond acceptors (Lipinski definition) is 1. The van der Waals surface area contributed by atoms with Crippen LogP contribution in [0.2, 0.25) is 0 Å². The Morgan fingerprint density at radius 3 is 1.46 bits per heavy atom. The number of rotatable bonds is 1. The Morgan fingerprint density at radius 2 is 1.38 bits per heavy atom. The van der Waals surface area contributed by atoms with Crippen molar-refractivity contribution in [2.24, 2.45) is 0 Å². The Hall–Kier alpha value is -1.21. The minimum atomic E-state index is -5.79. The molecule has 0 atom stereocenters. The highest BCUT2D eigenvalue weighted by Crippen LogP contribution is 2.33. The molecule has 1 amide bonds. The quantitative estimate of drug-likeness (QED) is 0.366. The van der Waals surface area contributed by atoms with Gasteiger partial charge in [0, 0.05) is 0 Å². The fourth-order valence-corrected chi connectivity index (χ4v) is 0.485. The molecule has 0 fully saturated rings. The summed E-state index contributed by atoms with van der Waals surface area (Å²) >= 11 is 0. The molecule has 0 aliphatic heterocycles. The minimum Gasteiger partial charge on any atom is -0.269 e. The van der Waals surface area contributed by atoms with Gasteiger partial charge < -0.3 is 0 Å². The Balaban J connectivity index is 5.00. The zero-order valence-electron chi connectivity index (χ0n) is 5.91. The smallest absolute Gasteiger partial charge is 0.269 e. The summed E-state index contributed by atoms with van der Waals surface area (Å²) in [6.07, 6.45) is -11.6. The van der Waals surface area contributed by atoms with E-state index in [4.69, 9.17) is 0 Å². The number of halogens is 6. The van der Waals surface area contributed by atoms with Crippen molar-refractivity contribution >= 4 is 5.91 Å². The average Bonchev–Trinajstić information content (AvgIpc) is 1.80. The summed E-state index contributed by atoms with van der Waals surface area (Å²) < 4.78 is 69.5. The highest BCUT2D eigenvalue weighted by molar-refractivity contribution is 5.87. The van der Waals surface area contributed by atoms with Crippen molar-refractivity contribution in [1.29, 1.82) is 0 Å². The molecule has 0 unspecified atom stereocenters. The molecular formula is C5H3F6NO. The van der Waals surface area contributed by atoms with Gasteiger partial charge in [0.05, 0.1) is 0 Å². The largest absolute Gasteiger partial charge is 0.494 e. The summed E-state index contributed by atoms with van der Waals surface area (Å²) in [7, 11) is 0. The third kappa shape index (κ3) is 2.96. The van der Waals surface area contributed by atoms with Crippen molar-refractivity contribution in [2.75, 3.05) is 0 Å². The predicted molar refractivity (Wildman–Crippen MR) is 29.2 cm³/mol. The van der Waals surface area contributed by atoms with E-state index in [1.54, 1.807) is 0 Å². The van der Waals surface area contributed by atoms with Crippen molar-refractivity contribution in [3.05, 3.63) is 12.7 Å². The number of hydrogen-bond donors (Lipinski definition) is 0. The molecule has 0 spiro atoms. The van der Waals surface area contributed by atoms with Crippen LogP contribution in [0, 0.1) is 0 Å². The third-order valence-electron chi connectivity index (χ3n) is 0.902. The first-order valence-corrected chi connectivity index (χ1v) is 2.71. The van der Waals surface area contributed by atoms with E-state index >= 15 is 0 Å². The second kappa shape index (κ2) is 3.27. The van der Waals surface area contributed by atoms with Crippen LogP contribution in [0.15, 0.2) is 12.7 Å². The fourth-order valence-electron chi connectivity index (χ4n) is 0.485. The van der Waals surface area contributed by atoms with Gasteiger partial charge in [-0.2, -0.15) is 4.90 Å². The van der Waals surface area contributed by atoms with Gasteiger partial charge in [0.1, 0.15) is 0 Å². The third-order valence-corrected chi connectivity index (χ3v) is 0.902. The summed E-state index contributed by atoms with van der Waals surface area (Å²) in [5, 5.41) is 0. The van der Waals surface area contributed by atoms with Crippen LogP contribution < -0.4 is 0 Å². The van der Waals surface area contributed by atoms with Gasteiger partial charge in [0.25, 0.3) is 5.91 Å². The van der Waals surface area contributed by atoms with E-state index in [1.807, 2.05) is 0 Å². The van der Waals surface area contributed by atoms with Gasteiger partial charge in [-0.1, -0.05) is 6.58 Å². The van der Waals surface area contributed by atoms with Crippen LogP contribution in [-0.4, -0.2) is 23.4 Å². The van der Waals surface area contributed by atoms with E-state index in [9.17, 15) is 31.1 Å². The first-order valence-electron chi connectivity index (χ1n) is 2.71. The van der Waals surface area contributed by atoms with E-state index in [2.05, 4.69) is 6.58 Å². The lowest BCUT2D eigenvalue weighted by atomic mass is 10.5. The molecule has 0 bridgehead atoms. The van der Waals surface area contributed by atoms with Gasteiger partial charge in [0.2, 0.25) is 0 Å². The second-order valence-electron chi connectivity index (χ2n) is 1.81. The normalized spacial score (nSPS) is 12.5. The first-order chi connectivity index (χ1) is 5.60. The topological polar surface area (TPSA) is 20.3 Å². The van der Waals surface area contributed by atoms with Gasteiger partial charge in [0.15, 0.2) is 0 Å². The number of alkyl halides is 6. The molecule has 0 radical (unpaired) electrons. The lowest BCUT2D eigenvalue weighted by molar-refractivity contribution is -0.353. The van der Waals surface area contributed by atoms with Gasteiger partial charge in [-0.3, -0.25) is 4.79 Å². The van der Waals surface area contributed by atoms with Crippen LogP contribution >= 0.6 is 0 Å². The van der Waals surface area contributed by atoms with Crippen LogP contribution in [0.4, 0.5) is 26.3 Å². The highest BCUT2D eigenvalue weighted by Gasteiger charge is 2.56. The molecule has 76 valence electrons. The molecule has 8 heteroatoms. The standard InChI is InChI=1S/C5H3F6NO/c1-2-3(13)12(4(6,7)8)5(9,10)11/h2H,1H2. The summed E-state index contributed by atoms with van der Waals surface area (Å²) in [6.45, 7) is 2.52. The molecule has 0 saturated heterocycles. The number of carbonyl (C=O) groups excluding carboxylic acids is 1. The Labute approximate surface area is 68.4 Å².